The topological polar surface area (TPSA) is 59.1 Å². The monoisotopic (exact) mass is 420 g/mol. The molecule has 4 rings (SSSR count). The summed E-state index contributed by atoms with van der Waals surface area (Å²) in [6.45, 7) is 0. The molecule has 2 atom stereocenters. The Hall–Kier alpha value is -3.12. The third-order valence-electron chi connectivity index (χ3n) is 6.18. The minimum Gasteiger partial charge on any atom is -0.493 e. The number of benzene rings is 2. The van der Waals surface area contributed by atoms with Crippen molar-refractivity contribution in [3.05, 3.63) is 70.9 Å². The zero-order valence-electron chi connectivity index (χ0n) is 18.4. The summed E-state index contributed by atoms with van der Waals surface area (Å²) in [5, 5.41) is 3.46. The molecule has 2 unspecified atom stereocenters. The molecule has 2 aromatic rings. The molecule has 1 aliphatic heterocycles. The van der Waals surface area contributed by atoms with Crippen molar-refractivity contribution >= 4 is 11.7 Å². The largest absolute Gasteiger partial charge is 0.493 e. The highest BCUT2D eigenvalue weighted by atomic mass is 16.5. The highest BCUT2D eigenvalue weighted by Crippen LogP contribution is 2.46. The fourth-order valence-corrected chi connectivity index (χ4v) is 4.80. The summed E-state index contributed by atoms with van der Waals surface area (Å²) in [6.07, 6.45) is 1.34. The Bertz CT molecular complexity index is 1030. The lowest BCUT2D eigenvalue weighted by molar-refractivity contribution is -0.143. The van der Waals surface area contributed by atoms with Gasteiger partial charge in [0.15, 0.2) is 17.3 Å². The van der Waals surface area contributed by atoms with Crippen LogP contribution in [-0.4, -0.2) is 50.0 Å². The van der Waals surface area contributed by atoms with Gasteiger partial charge in [-0.1, -0.05) is 36.4 Å². The zero-order chi connectivity index (χ0) is 22.1. The van der Waals surface area contributed by atoms with E-state index in [1.54, 1.807) is 24.2 Å². The Morgan fingerprint density at radius 1 is 0.871 bits per heavy atom. The van der Waals surface area contributed by atoms with Crippen LogP contribution in [0.3, 0.4) is 0 Å². The molecule has 0 spiro atoms. The van der Waals surface area contributed by atoms with Crippen molar-refractivity contribution in [2.75, 3.05) is 28.3 Å². The van der Waals surface area contributed by atoms with Crippen LogP contribution < -0.4 is 9.47 Å². The summed E-state index contributed by atoms with van der Waals surface area (Å²) in [6, 6.07) is 15.7. The number of nitrogens with zero attached hydrogens (tertiary/aromatic N) is 2. The van der Waals surface area contributed by atoms with E-state index < -0.39 is 0 Å². The van der Waals surface area contributed by atoms with Gasteiger partial charge in [-0.25, -0.2) is 10.0 Å². The standard InChI is InChI=1S/C25H28N2O4/c1-26(2)27-20-12-18(16-8-6-5-7-9-16)13-21(28)25(20)19(15-24(27)29)17-10-11-22(30-3)23(14-17)31-4/h5-11,14,18-19H,12-13,15H2,1-4H3. The van der Waals surface area contributed by atoms with E-state index in [1.165, 1.54) is 0 Å². The molecule has 1 heterocycles. The molecule has 0 bridgehead atoms. The molecule has 2 aromatic carbocycles. The van der Waals surface area contributed by atoms with E-state index in [9.17, 15) is 9.59 Å². The highest BCUT2D eigenvalue weighted by Gasteiger charge is 2.42. The Labute approximate surface area is 183 Å². The molecule has 0 N–H and O–H groups in total. The highest BCUT2D eigenvalue weighted by molar-refractivity contribution is 6.02. The van der Waals surface area contributed by atoms with E-state index in [4.69, 9.17) is 9.47 Å². The minimum absolute atomic E-state index is 0.00922. The van der Waals surface area contributed by atoms with Crippen molar-refractivity contribution in [2.45, 2.75) is 31.1 Å². The predicted molar refractivity (Wildman–Crippen MR) is 118 cm³/mol. The third kappa shape index (κ3) is 3.83. The second-order valence-corrected chi connectivity index (χ2v) is 8.22. The molecule has 0 aromatic heterocycles. The van der Waals surface area contributed by atoms with Crippen LogP contribution in [0.1, 0.15) is 42.2 Å². The van der Waals surface area contributed by atoms with Crippen molar-refractivity contribution in [1.82, 2.24) is 10.0 Å². The number of carbonyl (C=O) groups is 2. The number of hydrazine groups is 1. The summed E-state index contributed by atoms with van der Waals surface area (Å²) < 4.78 is 10.8. The molecule has 31 heavy (non-hydrogen) atoms. The first-order valence-corrected chi connectivity index (χ1v) is 10.5. The van der Waals surface area contributed by atoms with Crippen LogP contribution in [-0.2, 0) is 9.59 Å². The molecule has 1 aliphatic carbocycles. The molecule has 0 saturated carbocycles. The van der Waals surface area contributed by atoms with Gasteiger partial charge in [-0.05, 0) is 35.6 Å². The van der Waals surface area contributed by atoms with Gasteiger partial charge >= 0.3 is 0 Å². The van der Waals surface area contributed by atoms with Crippen LogP contribution in [0.2, 0.25) is 0 Å². The first-order chi connectivity index (χ1) is 14.9. The molecule has 0 saturated heterocycles. The van der Waals surface area contributed by atoms with E-state index in [0.29, 0.717) is 24.3 Å². The van der Waals surface area contributed by atoms with Crippen LogP contribution in [0, 0.1) is 0 Å². The quantitative estimate of drug-likeness (QED) is 0.734. The molecular weight excluding hydrogens is 392 g/mol. The van der Waals surface area contributed by atoms with Crippen LogP contribution in [0.15, 0.2) is 59.8 Å². The third-order valence-corrected chi connectivity index (χ3v) is 6.18. The van der Waals surface area contributed by atoms with Gasteiger partial charge in [0.1, 0.15) is 0 Å². The first-order valence-electron chi connectivity index (χ1n) is 10.5. The average molecular weight is 421 g/mol. The maximum Gasteiger partial charge on any atom is 0.242 e. The van der Waals surface area contributed by atoms with Gasteiger partial charge in [-0.3, -0.25) is 9.59 Å². The van der Waals surface area contributed by atoms with Crippen molar-refractivity contribution in [3.8, 4) is 11.5 Å². The maximum atomic E-state index is 13.5. The fraction of sp³-hybridized carbons (Fsp3) is 0.360. The summed E-state index contributed by atoms with van der Waals surface area (Å²) in [5.74, 6) is 1.08. The smallest absolute Gasteiger partial charge is 0.242 e. The Kier molecular flexibility index (Phi) is 5.83. The summed E-state index contributed by atoms with van der Waals surface area (Å²) in [5.41, 5.74) is 3.57. The number of methoxy groups -OCH3 is 2. The molecule has 6 nitrogen and oxygen atoms in total. The van der Waals surface area contributed by atoms with Gasteiger partial charge in [0.2, 0.25) is 5.91 Å². The molecule has 162 valence electrons. The molecule has 0 fully saturated rings. The Morgan fingerprint density at radius 3 is 2.23 bits per heavy atom. The first kappa shape index (κ1) is 21.1. The van der Waals surface area contributed by atoms with Gasteiger partial charge in [0, 0.05) is 44.1 Å². The van der Waals surface area contributed by atoms with Gasteiger partial charge in [0.25, 0.3) is 0 Å². The minimum atomic E-state index is -0.289. The lowest BCUT2D eigenvalue weighted by atomic mass is 9.73. The number of Topliss-reactive ketones (excluding diaryl/α,β-unsaturated/α-hetero) is 1. The van der Waals surface area contributed by atoms with Crippen molar-refractivity contribution in [2.24, 2.45) is 0 Å². The predicted octanol–water partition coefficient (Wildman–Crippen LogP) is 3.90. The van der Waals surface area contributed by atoms with Crippen molar-refractivity contribution < 1.29 is 19.1 Å². The number of allylic oxidation sites excluding steroid dienone is 2. The molecule has 6 heteroatoms. The number of carbonyl (C=O) groups excluding carboxylic acids is 2. The fourth-order valence-electron chi connectivity index (χ4n) is 4.80. The van der Waals surface area contributed by atoms with E-state index in [2.05, 4.69) is 12.1 Å². The SMILES string of the molecule is COc1ccc(C2CC(=O)N(N(C)C)C3=C2C(=O)CC(c2ccccc2)C3)cc1OC. The normalized spacial score (nSPS) is 21.4. The van der Waals surface area contributed by atoms with E-state index in [-0.39, 0.29) is 29.9 Å². The van der Waals surface area contributed by atoms with Crippen LogP contribution in [0.5, 0.6) is 11.5 Å². The van der Waals surface area contributed by atoms with Gasteiger partial charge in [-0.15, -0.1) is 0 Å². The molecule has 1 amide bonds. The van der Waals surface area contributed by atoms with E-state index >= 15 is 0 Å². The molecular formula is C25H28N2O4. The molecule has 0 radical (unpaired) electrons. The van der Waals surface area contributed by atoms with Crippen LogP contribution >= 0.6 is 0 Å². The average Bonchev–Trinajstić information content (AvgIpc) is 2.78. The van der Waals surface area contributed by atoms with Crippen LogP contribution in [0.4, 0.5) is 0 Å². The summed E-state index contributed by atoms with van der Waals surface area (Å²) >= 11 is 0. The van der Waals surface area contributed by atoms with Crippen molar-refractivity contribution in [1.29, 1.82) is 0 Å². The number of hydrogen-bond donors (Lipinski definition) is 0. The number of hydrogen-bond acceptors (Lipinski definition) is 5. The number of amides is 1. The maximum absolute atomic E-state index is 13.5. The summed E-state index contributed by atoms with van der Waals surface area (Å²) in [4.78, 5) is 26.7. The lowest BCUT2D eigenvalue weighted by Crippen LogP contribution is -2.47. The van der Waals surface area contributed by atoms with Gasteiger partial charge < -0.3 is 9.47 Å². The number of ether oxygens (including phenoxy) is 2. The number of rotatable bonds is 5. The van der Waals surface area contributed by atoms with Gasteiger partial charge in [0.05, 0.1) is 14.2 Å². The second kappa shape index (κ2) is 8.55. The molecule has 2 aliphatic rings. The number of ketones is 1. The van der Waals surface area contributed by atoms with Gasteiger partial charge in [-0.2, -0.15) is 0 Å². The van der Waals surface area contributed by atoms with Crippen molar-refractivity contribution in [3.63, 3.8) is 0 Å². The zero-order valence-corrected chi connectivity index (χ0v) is 18.4. The Balaban J connectivity index is 1.81. The van der Waals surface area contributed by atoms with Crippen LogP contribution in [0.25, 0.3) is 0 Å². The Morgan fingerprint density at radius 2 is 1.58 bits per heavy atom. The van der Waals surface area contributed by atoms with E-state index in [0.717, 1.165) is 22.4 Å². The summed E-state index contributed by atoms with van der Waals surface area (Å²) in [7, 11) is 6.86. The lowest BCUT2D eigenvalue weighted by Gasteiger charge is -2.42. The van der Waals surface area contributed by atoms with E-state index in [1.807, 2.05) is 50.5 Å². The second-order valence-electron chi connectivity index (χ2n) is 8.22.